The molecule has 1 aromatic carbocycles. The smallest absolute Gasteiger partial charge is 0.141 e. The second-order valence-electron chi connectivity index (χ2n) is 3.95. The molecule has 0 radical (unpaired) electrons. The second kappa shape index (κ2) is 7.74. The molecule has 0 amide bonds. The summed E-state index contributed by atoms with van der Waals surface area (Å²) >= 11 is 0. The molecule has 0 spiro atoms. The van der Waals surface area contributed by atoms with E-state index in [0.717, 1.165) is 11.4 Å². The van der Waals surface area contributed by atoms with Crippen LogP contribution < -0.4 is 10.6 Å². The number of benzene rings is 1. The van der Waals surface area contributed by atoms with Gasteiger partial charge >= 0.3 is 0 Å². The number of nitrogen functional groups attached to an aromatic ring is 1. The minimum absolute atomic E-state index is 0.416. The van der Waals surface area contributed by atoms with Crippen LogP contribution in [0.15, 0.2) is 36.7 Å². The van der Waals surface area contributed by atoms with E-state index in [-0.39, 0.29) is 0 Å². The molecule has 0 saturated carbocycles. The van der Waals surface area contributed by atoms with Crippen molar-refractivity contribution in [3.63, 3.8) is 0 Å². The molecule has 0 aliphatic heterocycles. The average molecular weight is 269 g/mol. The van der Waals surface area contributed by atoms with Crippen molar-refractivity contribution in [2.45, 2.75) is 20.4 Å². The van der Waals surface area contributed by atoms with Crippen molar-refractivity contribution >= 4 is 11.5 Å². The van der Waals surface area contributed by atoms with Gasteiger partial charge in [-0.25, -0.2) is 4.98 Å². The van der Waals surface area contributed by atoms with E-state index in [2.05, 4.69) is 16.0 Å². The van der Waals surface area contributed by atoms with E-state index in [1.54, 1.807) is 24.5 Å². The van der Waals surface area contributed by atoms with Crippen molar-refractivity contribution in [2.75, 3.05) is 17.7 Å². The van der Waals surface area contributed by atoms with Gasteiger partial charge in [-0.05, 0) is 24.3 Å². The van der Waals surface area contributed by atoms with Gasteiger partial charge in [0, 0.05) is 12.7 Å². The molecule has 1 aromatic heterocycles. The van der Waals surface area contributed by atoms with E-state index in [0.29, 0.717) is 17.9 Å². The van der Waals surface area contributed by atoms with Gasteiger partial charge in [0.1, 0.15) is 5.82 Å². The topological polar surface area (TPSA) is 78.8 Å². The van der Waals surface area contributed by atoms with Crippen LogP contribution in [-0.2, 0) is 6.54 Å². The molecule has 0 atom stereocenters. The molecule has 0 saturated heterocycles. The Balaban J connectivity index is 0.000000956. The van der Waals surface area contributed by atoms with Gasteiger partial charge < -0.3 is 10.6 Å². The molecule has 1 heterocycles. The maximum absolute atomic E-state index is 8.73. The summed E-state index contributed by atoms with van der Waals surface area (Å²) in [7, 11) is 1.96. The van der Waals surface area contributed by atoms with Gasteiger partial charge in [0.25, 0.3) is 0 Å². The molecule has 0 aliphatic carbocycles. The predicted molar refractivity (Wildman–Crippen MR) is 81.1 cm³/mol. The minimum Gasteiger partial charge on any atom is -0.382 e. The van der Waals surface area contributed by atoms with Crippen LogP contribution in [0.3, 0.4) is 0 Å². The average Bonchev–Trinajstić information content (AvgIpc) is 2.51. The fourth-order valence-corrected chi connectivity index (χ4v) is 1.57. The van der Waals surface area contributed by atoms with Crippen LogP contribution in [-0.4, -0.2) is 17.0 Å². The molecule has 0 fully saturated rings. The summed E-state index contributed by atoms with van der Waals surface area (Å²) in [6.07, 6.45) is 3.21. The first-order valence-electron chi connectivity index (χ1n) is 6.47. The zero-order valence-electron chi connectivity index (χ0n) is 12.0. The minimum atomic E-state index is 0.416. The molecule has 104 valence electrons. The Morgan fingerprint density at radius 2 is 1.80 bits per heavy atom. The quantitative estimate of drug-likeness (QED) is 0.926. The highest BCUT2D eigenvalue weighted by Gasteiger charge is 2.03. The van der Waals surface area contributed by atoms with Crippen molar-refractivity contribution in [3.8, 4) is 6.07 Å². The monoisotopic (exact) mass is 269 g/mol. The highest BCUT2D eigenvalue weighted by molar-refractivity contribution is 5.49. The third-order valence-corrected chi connectivity index (χ3v) is 2.56. The van der Waals surface area contributed by atoms with E-state index >= 15 is 0 Å². The van der Waals surface area contributed by atoms with E-state index in [1.807, 2.05) is 37.9 Å². The van der Waals surface area contributed by atoms with Gasteiger partial charge in [0.2, 0.25) is 0 Å². The predicted octanol–water partition coefficient (Wildman–Crippen LogP) is 2.59. The Morgan fingerprint density at radius 1 is 1.15 bits per heavy atom. The van der Waals surface area contributed by atoms with Gasteiger partial charge in [-0.1, -0.05) is 13.8 Å². The third kappa shape index (κ3) is 4.25. The van der Waals surface area contributed by atoms with Crippen molar-refractivity contribution in [1.82, 2.24) is 9.97 Å². The van der Waals surface area contributed by atoms with E-state index in [4.69, 9.17) is 11.0 Å². The van der Waals surface area contributed by atoms with Crippen LogP contribution in [0.25, 0.3) is 0 Å². The molecule has 0 aliphatic rings. The molecular formula is C15H19N5. The molecule has 2 N–H and O–H groups in total. The fraction of sp³-hybridized carbons (Fsp3) is 0.267. The maximum Gasteiger partial charge on any atom is 0.141 e. The summed E-state index contributed by atoms with van der Waals surface area (Å²) in [5, 5.41) is 8.73. The summed E-state index contributed by atoms with van der Waals surface area (Å²) in [6, 6.07) is 9.49. The zero-order chi connectivity index (χ0) is 15.0. The number of nitrogens with two attached hydrogens (primary N) is 1. The second-order valence-corrected chi connectivity index (χ2v) is 3.95. The summed E-state index contributed by atoms with van der Waals surface area (Å²) in [5.74, 6) is 0.416. The molecule has 0 bridgehead atoms. The Kier molecular flexibility index (Phi) is 5.98. The molecule has 2 aromatic rings. The normalized spacial score (nSPS) is 9.10. The largest absolute Gasteiger partial charge is 0.382 e. The Labute approximate surface area is 119 Å². The Morgan fingerprint density at radius 3 is 2.30 bits per heavy atom. The highest BCUT2D eigenvalue weighted by Crippen LogP contribution is 2.15. The van der Waals surface area contributed by atoms with Crippen LogP contribution >= 0.6 is 0 Å². The standard InChI is InChI=1S/C13H13N5.C2H6/c1-18(9-11-7-17-13(15)8-16-11)12-4-2-10(6-14)3-5-12;1-2/h2-5,7-8H,9H2,1H3,(H2,15,17);1-2H3. The van der Waals surface area contributed by atoms with Gasteiger partial charge in [0.05, 0.1) is 36.3 Å². The molecular weight excluding hydrogens is 250 g/mol. The molecule has 0 unspecified atom stereocenters. The van der Waals surface area contributed by atoms with Crippen molar-refractivity contribution in [1.29, 1.82) is 5.26 Å². The van der Waals surface area contributed by atoms with Crippen LogP contribution in [0.5, 0.6) is 0 Å². The first-order valence-corrected chi connectivity index (χ1v) is 6.47. The van der Waals surface area contributed by atoms with Crippen LogP contribution in [0.2, 0.25) is 0 Å². The van der Waals surface area contributed by atoms with E-state index < -0.39 is 0 Å². The number of hydrogen-bond acceptors (Lipinski definition) is 5. The molecule has 5 nitrogen and oxygen atoms in total. The van der Waals surface area contributed by atoms with Crippen LogP contribution in [0, 0.1) is 11.3 Å². The lowest BCUT2D eigenvalue weighted by Gasteiger charge is -2.18. The molecule has 5 heteroatoms. The maximum atomic E-state index is 8.73. The van der Waals surface area contributed by atoms with E-state index in [1.165, 1.54) is 0 Å². The summed E-state index contributed by atoms with van der Waals surface area (Å²) in [6.45, 7) is 4.64. The van der Waals surface area contributed by atoms with Gasteiger partial charge in [-0.3, -0.25) is 4.98 Å². The van der Waals surface area contributed by atoms with Gasteiger partial charge in [-0.15, -0.1) is 0 Å². The number of aromatic nitrogens is 2. The summed E-state index contributed by atoms with van der Waals surface area (Å²) in [5.41, 5.74) is 8.00. The number of nitriles is 1. The van der Waals surface area contributed by atoms with E-state index in [9.17, 15) is 0 Å². The lowest BCUT2D eigenvalue weighted by Crippen LogP contribution is -2.17. The lowest BCUT2D eigenvalue weighted by atomic mass is 10.2. The zero-order valence-corrected chi connectivity index (χ0v) is 12.0. The third-order valence-electron chi connectivity index (χ3n) is 2.56. The molecule has 2 rings (SSSR count). The number of rotatable bonds is 3. The molecule has 20 heavy (non-hydrogen) atoms. The van der Waals surface area contributed by atoms with Crippen molar-refractivity contribution < 1.29 is 0 Å². The number of anilines is 2. The Bertz CT molecular complexity index is 554. The number of nitrogens with zero attached hydrogens (tertiary/aromatic N) is 4. The lowest BCUT2D eigenvalue weighted by molar-refractivity contribution is 0.875. The van der Waals surface area contributed by atoms with Crippen LogP contribution in [0.4, 0.5) is 11.5 Å². The van der Waals surface area contributed by atoms with Gasteiger partial charge in [0.15, 0.2) is 0 Å². The SMILES string of the molecule is CC.CN(Cc1cnc(N)cn1)c1ccc(C#N)cc1. The fourth-order valence-electron chi connectivity index (χ4n) is 1.57. The van der Waals surface area contributed by atoms with Crippen molar-refractivity contribution in [3.05, 3.63) is 47.9 Å². The number of hydrogen-bond donors (Lipinski definition) is 1. The van der Waals surface area contributed by atoms with Crippen molar-refractivity contribution in [2.24, 2.45) is 0 Å². The van der Waals surface area contributed by atoms with Crippen LogP contribution in [0.1, 0.15) is 25.1 Å². The highest BCUT2D eigenvalue weighted by atomic mass is 15.1. The summed E-state index contributed by atoms with van der Waals surface area (Å²) in [4.78, 5) is 10.2. The first kappa shape index (κ1) is 15.4. The first-order chi connectivity index (χ1) is 9.69. The summed E-state index contributed by atoms with van der Waals surface area (Å²) < 4.78 is 0. The van der Waals surface area contributed by atoms with Gasteiger partial charge in [-0.2, -0.15) is 5.26 Å². The Hall–Kier alpha value is -2.61.